The van der Waals surface area contributed by atoms with Gasteiger partial charge in [0.05, 0.1) is 36.6 Å². The fourth-order valence-corrected chi connectivity index (χ4v) is 5.97. The third-order valence-corrected chi connectivity index (χ3v) is 8.40. The summed E-state index contributed by atoms with van der Waals surface area (Å²) < 4.78 is 14.5. The summed E-state index contributed by atoms with van der Waals surface area (Å²) >= 11 is 0. The van der Waals surface area contributed by atoms with Crippen LogP contribution in [0.15, 0.2) is 67.5 Å². The van der Waals surface area contributed by atoms with E-state index in [4.69, 9.17) is 14.5 Å². The highest BCUT2D eigenvalue weighted by Gasteiger charge is 2.21. The summed E-state index contributed by atoms with van der Waals surface area (Å²) in [5.74, 6) is 1.59. The molecule has 0 radical (unpaired) electrons. The second kappa shape index (κ2) is 11.8. The summed E-state index contributed by atoms with van der Waals surface area (Å²) in [6, 6.07) is 12.9. The predicted octanol–water partition coefficient (Wildman–Crippen LogP) is 4.21. The van der Waals surface area contributed by atoms with Crippen molar-refractivity contribution in [2.45, 2.75) is 25.4 Å². The van der Waals surface area contributed by atoms with Crippen molar-refractivity contribution in [3.63, 3.8) is 0 Å². The van der Waals surface area contributed by atoms with E-state index in [-0.39, 0.29) is 0 Å². The van der Waals surface area contributed by atoms with Gasteiger partial charge < -0.3 is 14.4 Å². The molecular formula is C32H33N9O2. The van der Waals surface area contributed by atoms with E-state index < -0.39 is 0 Å². The molecule has 11 nitrogen and oxygen atoms in total. The van der Waals surface area contributed by atoms with Gasteiger partial charge in [-0.25, -0.2) is 14.5 Å². The van der Waals surface area contributed by atoms with E-state index in [1.54, 1.807) is 17.8 Å². The van der Waals surface area contributed by atoms with Crippen LogP contribution in [-0.2, 0) is 11.3 Å². The third kappa shape index (κ3) is 5.55. The van der Waals surface area contributed by atoms with Crippen LogP contribution in [0.3, 0.4) is 0 Å². The lowest BCUT2D eigenvalue weighted by Gasteiger charge is -2.35. The first-order chi connectivity index (χ1) is 21.2. The van der Waals surface area contributed by atoms with E-state index in [2.05, 4.69) is 66.2 Å². The van der Waals surface area contributed by atoms with Gasteiger partial charge >= 0.3 is 0 Å². The molecule has 2 aliphatic heterocycles. The number of fused-ring (bicyclic) bond motifs is 1. The minimum atomic E-state index is 0.346. The van der Waals surface area contributed by atoms with Crippen LogP contribution in [0.25, 0.3) is 27.8 Å². The fraction of sp³-hybridized carbons (Fsp3) is 0.344. The van der Waals surface area contributed by atoms with Crippen LogP contribution in [-0.4, -0.2) is 80.8 Å². The zero-order valence-electron chi connectivity index (χ0n) is 24.1. The lowest BCUT2D eigenvalue weighted by molar-refractivity contribution is 0.0662. The van der Waals surface area contributed by atoms with Crippen molar-refractivity contribution in [1.82, 2.24) is 34.3 Å². The molecule has 2 saturated heterocycles. The highest BCUT2D eigenvalue weighted by Crippen LogP contribution is 2.33. The number of hydrogen-bond acceptors (Lipinski definition) is 9. The Labute approximate surface area is 249 Å². The standard InChI is InChI=1S/C32H33N9O2/c1-42-31-5-2-23(16-35-31)20-38-8-10-39(11-9-38)30-4-3-24(17-34-30)29-14-25(21-41-32(29)26(15-33)18-37-41)27-19-36-40(22-27)28-6-12-43-13-7-28/h2-5,14,16-19,21-22,28H,6-13,20H2,1H3. The molecule has 2 aliphatic rings. The number of anilines is 1. The minimum Gasteiger partial charge on any atom is -0.481 e. The molecule has 0 unspecified atom stereocenters. The Morgan fingerprint density at radius 1 is 0.907 bits per heavy atom. The molecule has 0 spiro atoms. The van der Waals surface area contributed by atoms with Crippen LogP contribution >= 0.6 is 0 Å². The number of hydrogen-bond donors (Lipinski definition) is 0. The van der Waals surface area contributed by atoms with E-state index in [9.17, 15) is 5.26 Å². The van der Waals surface area contributed by atoms with Crippen LogP contribution in [0.2, 0.25) is 0 Å². The molecular weight excluding hydrogens is 542 g/mol. The van der Waals surface area contributed by atoms with Gasteiger partial charge in [0, 0.05) is 99.0 Å². The van der Waals surface area contributed by atoms with Gasteiger partial charge in [0.2, 0.25) is 5.88 Å². The number of rotatable bonds is 7. The van der Waals surface area contributed by atoms with Gasteiger partial charge in [0.25, 0.3) is 0 Å². The number of pyridine rings is 3. The van der Waals surface area contributed by atoms with Crippen LogP contribution < -0.4 is 9.64 Å². The molecule has 0 aliphatic carbocycles. The van der Waals surface area contributed by atoms with E-state index in [1.165, 1.54) is 5.56 Å². The fourth-order valence-electron chi connectivity index (χ4n) is 5.97. The average molecular weight is 576 g/mol. The van der Waals surface area contributed by atoms with E-state index in [0.717, 1.165) is 92.4 Å². The average Bonchev–Trinajstić information content (AvgIpc) is 3.74. The van der Waals surface area contributed by atoms with E-state index >= 15 is 0 Å². The molecule has 0 atom stereocenters. The Kier molecular flexibility index (Phi) is 7.45. The molecule has 7 rings (SSSR count). The van der Waals surface area contributed by atoms with Crippen molar-refractivity contribution in [1.29, 1.82) is 5.26 Å². The number of nitriles is 1. The van der Waals surface area contributed by atoms with Gasteiger partial charge in [-0.05, 0) is 36.6 Å². The van der Waals surface area contributed by atoms with Gasteiger partial charge in [0.1, 0.15) is 11.9 Å². The molecule has 0 bridgehead atoms. The number of ether oxygens (including phenoxy) is 2. The van der Waals surface area contributed by atoms with Crippen LogP contribution in [0.4, 0.5) is 5.82 Å². The monoisotopic (exact) mass is 575 g/mol. The predicted molar refractivity (Wildman–Crippen MR) is 162 cm³/mol. The van der Waals surface area contributed by atoms with Crippen molar-refractivity contribution in [2.75, 3.05) is 51.4 Å². The smallest absolute Gasteiger partial charge is 0.212 e. The number of methoxy groups -OCH3 is 1. The Morgan fingerprint density at radius 3 is 2.49 bits per heavy atom. The Balaban J connectivity index is 1.10. The van der Waals surface area contributed by atoms with Crippen molar-refractivity contribution >= 4 is 11.3 Å². The molecule has 2 fully saturated rings. The minimum absolute atomic E-state index is 0.346. The zero-order valence-corrected chi connectivity index (χ0v) is 24.1. The first-order valence-corrected chi connectivity index (χ1v) is 14.6. The first-order valence-electron chi connectivity index (χ1n) is 14.6. The molecule has 5 aromatic heterocycles. The molecule has 0 amide bonds. The van der Waals surface area contributed by atoms with Crippen LogP contribution in [0, 0.1) is 11.3 Å². The molecule has 5 aromatic rings. The van der Waals surface area contributed by atoms with Crippen LogP contribution in [0.1, 0.15) is 30.0 Å². The normalized spacial score (nSPS) is 16.4. The van der Waals surface area contributed by atoms with E-state index in [1.807, 2.05) is 30.9 Å². The van der Waals surface area contributed by atoms with Gasteiger partial charge in [0.15, 0.2) is 0 Å². The highest BCUT2D eigenvalue weighted by atomic mass is 16.5. The number of piperazine rings is 1. The lowest BCUT2D eigenvalue weighted by atomic mass is 10.0. The third-order valence-electron chi connectivity index (χ3n) is 8.40. The quantitative estimate of drug-likeness (QED) is 0.282. The second-order valence-electron chi connectivity index (χ2n) is 11.0. The van der Waals surface area contributed by atoms with Crippen molar-refractivity contribution in [3.05, 3.63) is 78.6 Å². The Morgan fingerprint density at radius 2 is 1.77 bits per heavy atom. The van der Waals surface area contributed by atoms with Gasteiger partial charge in [-0.15, -0.1) is 0 Å². The molecule has 0 saturated carbocycles. The number of nitrogens with zero attached hydrogens (tertiary/aromatic N) is 9. The number of aromatic nitrogens is 6. The summed E-state index contributed by atoms with van der Waals surface area (Å²) in [4.78, 5) is 13.9. The van der Waals surface area contributed by atoms with Gasteiger partial charge in [-0.2, -0.15) is 15.5 Å². The summed E-state index contributed by atoms with van der Waals surface area (Å²) in [6.07, 6.45) is 13.3. The summed E-state index contributed by atoms with van der Waals surface area (Å²) in [5, 5.41) is 19.0. The molecule has 43 heavy (non-hydrogen) atoms. The maximum Gasteiger partial charge on any atom is 0.212 e. The van der Waals surface area contributed by atoms with Gasteiger partial charge in [-0.1, -0.05) is 6.07 Å². The van der Waals surface area contributed by atoms with Crippen molar-refractivity contribution < 1.29 is 9.47 Å². The highest BCUT2D eigenvalue weighted by molar-refractivity contribution is 5.87. The maximum atomic E-state index is 9.82. The second-order valence-corrected chi connectivity index (χ2v) is 11.0. The summed E-state index contributed by atoms with van der Waals surface area (Å²) in [7, 11) is 1.63. The topological polar surface area (TPSA) is 110 Å². The molecule has 0 aromatic carbocycles. The molecule has 7 heterocycles. The molecule has 0 N–H and O–H groups in total. The van der Waals surface area contributed by atoms with E-state index in [0.29, 0.717) is 17.5 Å². The Hall–Kier alpha value is -4.79. The molecule has 11 heteroatoms. The summed E-state index contributed by atoms with van der Waals surface area (Å²) in [6.45, 7) is 6.08. The SMILES string of the molecule is COc1ccc(CN2CCN(c3ccc(-c4cc(-c5cnn(C6CCOCC6)c5)cn5ncc(C#N)c45)cn3)CC2)cn1. The molecule has 218 valence electrons. The lowest BCUT2D eigenvalue weighted by Crippen LogP contribution is -2.46. The van der Waals surface area contributed by atoms with Crippen molar-refractivity contribution in [2.24, 2.45) is 0 Å². The maximum absolute atomic E-state index is 9.82. The Bertz CT molecular complexity index is 1740. The zero-order chi connectivity index (χ0) is 29.2. The van der Waals surface area contributed by atoms with Gasteiger partial charge in [-0.3, -0.25) is 9.58 Å². The summed E-state index contributed by atoms with van der Waals surface area (Å²) in [5.41, 5.74) is 6.35. The first kappa shape index (κ1) is 27.1. The van der Waals surface area contributed by atoms with Crippen LogP contribution in [0.5, 0.6) is 5.88 Å². The van der Waals surface area contributed by atoms with Crippen molar-refractivity contribution in [3.8, 4) is 34.2 Å². The largest absolute Gasteiger partial charge is 0.481 e.